The van der Waals surface area contributed by atoms with E-state index in [1.54, 1.807) is 7.11 Å². The van der Waals surface area contributed by atoms with E-state index in [4.69, 9.17) is 13.9 Å². The summed E-state index contributed by atoms with van der Waals surface area (Å²) in [6, 6.07) is 14.2. The van der Waals surface area contributed by atoms with E-state index in [-0.39, 0.29) is 36.1 Å². The molecule has 1 aromatic heterocycles. The van der Waals surface area contributed by atoms with Crippen molar-refractivity contribution in [3.63, 3.8) is 0 Å². The highest BCUT2D eigenvalue weighted by molar-refractivity contribution is 5.91. The molecule has 0 radical (unpaired) electrons. The standard InChI is InChI=1S/C29H35N3O5/c1-19(2)15-27(33)32-13-11-21-9-10-23(16-24(21)28(32)22-7-5-20(3)6-8-22)36-18-26-31-25(17-37-26)29(34)30-12-14-35-4/h5-10,16-17,19,28H,11-15,18H2,1-4H3,(H,30,34). The molecule has 2 heterocycles. The van der Waals surface area contributed by atoms with Crippen molar-refractivity contribution in [1.82, 2.24) is 15.2 Å². The lowest BCUT2D eigenvalue weighted by molar-refractivity contribution is -0.134. The number of hydrogen-bond acceptors (Lipinski definition) is 6. The lowest BCUT2D eigenvalue weighted by Crippen LogP contribution is -2.41. The maximum Gasteiger partial charge on any atom is 0.273 e. The van der Waals surface area contributed by atoms with Crippen LogP contribution in [0.15, 0.2) is 53.1 Å². The summed E-state index contributed by atoms with van der Waals surface area (Å²) >= 11 is 0. The van der Waals surface area contributed by atoms with Gasteiger partial charge in [0.15, 0.2) is 12.3 Å². The van der Waals surface area contributed by atoms with E-state index < -0.39 is 0 Å². The van der Waals surface area contributed by atoms with Crippen LogP contribution in [0.2, 0.25) is 0 Å². The van der Waals surface area contributed by atoms with E-state index in [0.717, 1.165) is 17.5 Å². The lowest BCUT2D eigenvalue weighted by atomic mass is 9.87. The zero-order valence-corrected chi connectivity index (χ0v) is 22.0. The largest absolute Gasteiger partial charge is 0.484 e. The molecule has 1 unspecified atom stereocenters. The minimum Gasteiger partial charge on any atom is -0.484 e. The Bertz CT molecular complexity index is 1220. The highest BCUT2D eigenvalue weighted by Gasteiger charge is 2.32. The topological polar surface area (TPSA) is 93.9 Å². The van der Waals surface area contributed by atoms with E-state index in [0.29, 0.717) is 37.8 Å². The van der Waals surface area contributed by atoms with Crippen molar-refractivity contribution < 1.29 is 23.5 Å². The van der Waals surface area contributed by atoms with Gasteiger partial charge in [0.25, 0.3) is 5.91 Å². The van der Waals surface area contributed by atoms with Crippen molar-refractivity contribution in [1.29, 1.82) is 0 Å². The monoisotopic (exact) mass is 505 g/mol. The van der Waals surface area contributed by atoms with E-state index in [1.165, 1.54) is 17.4 Å². The number of hydrogen-bond donors (Lipinski definition) is 1. The van der Waals surface area contributed by atoms with Crippen LogP contribution in [0.5, 0.6) is 5.75 Å². The number of aryl methyl sites for hydroxylation is 1. The van der Waals surface area contributed by atoms with Crippen LogP contribution in [0.25, 0.3) is 0 Å². The van der Waals surface area contributed by atoms with Gasteiger partial charge >= 0.3 is 0 Å². The number of oxazole rings is 1. The number of carbonyl (C=O) groups excluding carboxylic acids is 2. The number of nitrogens with one attached hydrogen (secondary N) is 1. The van der Waals surface area contributed by atoms with Crippen LogP contribution in [-0.2, 0) is 22.6 Å². The fraction of sp³-hybridized carbons (Fsp3) is 0.414. The van der Waals surface area contributed by atoms with E-state index in [9.17, 15) is 9.59 Å². The summed E-state index contributed by atoms with van der Waals surface area (Å²) in [5.74, 6) is 1.08. The molecule has 4 rings (SSSR count). The molecule has 1 atom stereocenters. The van der Waals surface area contributed by atoms with Crippen LogP contribution in [0.4, 0.5) is 0 Å². The van der Waals surface area contributed by atoms with Gasteiger partial charge in [0.2, 0.25) is 11.8 Å². The molecule has 0 aliphatic carbocycles. The van der Waals surface area contributed by atoms with E-state index >= 15 is 0 Å². The molecule has 0 fully saturated rings. The molecule has 1 aliphatic heterocycles. The molecule has 1 aliphatic rings. The third kappa shape index (κ3) is 6.57. The zero-order valence-electron chi connectivity index (χ0n) is 22.0. The maximum absolute atomic E-state index is 13.2. The first-order valence-electron chi connectivity index (χ1n) is 12.7. The minimum atomic E-state index is -0.326. The highest BCUT2D eigenvalue weighted by Crippen LogP contribution is 2.38. The Labute approximate surface area is 218 Å². The Hall–Kier alpha value is -3.65. The third-order valence-corrected chi connectivity index (χ3v) is 6.38. The Morgan fingerprint density at radius 1 is 1.19 bits per heavy atom. The molecule has 0 bridgehead atoms. The molecule has 2 amide bonds. The molecular weight excluding hydrogens is 470 g/mol. The van der Waals surface area contributed by atoms with Crippen molar-refractivity contribution >= 4 is 11.8 Å². The number of carbonyl (C=O) groups is 2. The normalized spacial score (nSPS) is 14.9. The average Bonchev–Trinajstić information content (AvgIpc) is 3.36. The minimum absolute atomic E-state index is 0.0787. The fourth-order valence-corrected chi connectivity index (χ4v) is 4.51. The Morgan fingerprint density at radius 3 is 2.70 bits per heavy atom. The predicted octanol–water partition coefficient (Wildman–Crippen LogP) is 4.46. The number of ether oxygens (including phenoxy) is 2. The van der Waals surface area contributed by atoms with Gasteiger partial charge in [-0.2, -0.15) is 0 Å². The van der Waals surface area contributed by atoms with Gasteiger partial charge in [0.1, 0.15) is 12.0 Å². The summed E-state index contributed by atoms with van der Waals surface area (Å²) in [5, 5.41) is 2.71. The molecule has 1 N–H and O–H groups in total. The van der Waals surface area contributed by atoms with E-state index in [2.05, 4.69) is 61.4 Å². The van der Waals surface area contributed by atoms with Gasteiger partial charge in [0.05, 0.1) is 12.6 Å². The molecule has 0 spiro atoms. The fourth-order valence-electron chi connectivity index (χ4n) is 4.51. The highest BCUT2D eigenvalue weighted by atomic mass is 16.5. The first kappa shape index (κ1) is 26.4. The van der Waals surface area contributed by atoms with Crippen molar-refractivity contribution in [3.8, 4) is 5.75 Å². The number of nitrogens with zero attached hydrogens (tertiary/aromatic N) is 2. The smallest absolute Gasteiger partial charge is 0.273 e. The second-order valence-corrected chi connectivity index (χ2v) is 9.77. The number of rotatable bonds is 10. The Balaban J connectivity index is 1.53. The molecule has 8 heteroatoms. The molecule has 2 aromatic carbocycles. The molecule has 0 saturated heterocycles. The first-order valence-corrected chi connectivity index (χ1v) is 12.7. The van der Waals surface area contributed by atoms with Crippen LogP contribution < -0.4 is 10.1 Å². The van der Waals surface area contributed by atoms with Crippen molar-refractivity contribution in [3.05, 3.63) is 82.6 Å². The molecule has 196 valence electrons. The molecular formula is C29H35N3O5. The van der Waals surface area contributed by atoms with Gasteiger partial charge in [-0.15, -0.1) is 0 Å². The van der Waals surface area contributed by atoms with Crippen LogP contribution in [0.3, 0.4) is 0 Å². The number of fused-ring (bicyclic) bond motifs is 1. The van der Waals surface area contributed by atoms with Crippen LogP contribution in [-0.4, -0.2) is 48.5 Å². The SMILES string of the molecule is COCCNC(=O)c1coc(COc2ccc3c(c2)C(c2ccc(C)cc2)N(C(=O)CC(C)C)CC3)n1. The lowest BCUT2D eigenvalue weighted by Gasteiger charge is -2.38. The second kappa shape index (κ2) is 12.1. The number of methoxy groups -OCH3 is 1. The summed E-state index contributed by atoms with van der Waals surface area (Å²) < 4.78 is 16.4. The summed E-state index contributed by atoms with van der Waals surface area (Å²) in [4.78, 5) is 31.6. The maximum atomic E-state index is 13.2. The molecule has 0 saturated carbocycles. The predicted molar refractivity (Wildman–Crippen MR) is 139 cm³/mol. The van der Waals surface area contributed by atoms with Gasteiger partial charge in [-0.05, 0) is 48.1 Å². The number of benzene rings is 2. The summed E-state index contributed by atoms with van der Waals surface area (Å²) in [5.41, 5.74) is 4.72. The summed E-state index contributed by atoms with van der Waals surface area (Å²) in [6.07, 6.45) is 2.63. The molecule has 3 aromatic rings. The van der Waals surface area contributed by atoms with E-state index in [1.807, 2.05) is 17.0 Å². The Kier molecular flexibility index (Phi) is 8.61. The summed E-state index contributed by atoms with van der Waals surface area (Å²) in [6.45, 7) is 7.77. The van der Waals surface area contributed by atoms with Crippen LogP contribution in [0.1, 0.15) is 64.9 Å². The number of amides is 2. The van der Waals surface area contributed by atoms with Gasteiger partial charge in [0, 0.05) is 26.6 Å². The third-order valence-electron chi connectivity index (χ3n) is 6.38. The Morgan fingerprint density at radius 2 is 1.97 bits per heavy atom. The molecule has 37 heavy (non-hydrogen) atoms. The average molecular weight is 506 g/mol. The summed E-state index contributed by atoms with van der Waals surface area (Å²) in [7, 11) is 1.57. The zero-order chi connectivity index (χ0) is 26.4. The van der Waals surface area contributed by atoms with Crippen molar-refractivity contribution in [2.24, 2.45) is 5.92 Å². The van der Waals surface area contributed by atoms with Crippen molar-refractivity contribution in [2.75, 3.05) is 26.8 Å². The van der Waals surface area contributed by atoms with Gasteiger partial charge in [-0.25, -0.2) is 4.98 Å². The van der Waals surface area contributed by atoms with Gasteiger partial charge in [-0.3, -0.25) is 9.59 Å². The van der Waals surface area contributed by atoms with Crippen LogP contribution >= 0.6 is 0 Å². The van der Waals surface area contributed by atoms with Crippen LogP contribution in [0, 0.1) is 12.8 Å². The van der Waals surface area contributed by atoms with Gasteiger partial charge in [-0.1, -0.05) is 49.7 Å². The second-order valence-electron chi connectivity index (χ2n) is 9.77. The quantitative estimate of drug-likeness (QED) is 0.409. The number of aromatic nitrogens is 1. The first-order chi connectivity index (χ1) is 17.9. The molecule has 8 nitrogen and oxygen atoms in total. The van der Waals surface area contributed by atoms with Gasteiger partial charge < -0.3 is 24.1 Å². The van der Waals surface area contributed by atoms with Crippen molar-refractivity contribution in [2.45, 2.75) is 46.3 Å².